The van der Waals surface area contributed by atoms with Crippen molar-refractivity contribution < 1.29 is 9.53 Å². The molecule has 1 aromatic rings. The lowest BCUT2D eigenvalue weighted by molar-refractivity contribution is 0.0526. The van der Waals surface area contributed by atoms with Gasteiger partial charge in [0.1, 0.15) is 0 Å². The van der Waals surface area contributed by atoms with Crippen LogP contribution in [-0.2, 0) is 4.74 Å². The fourth-order valence-electron chi connectivity index (χ4n) is 1.88. The van der Waals surface area contributed by atoms with E-state index in [1.165, 1.54) is 0 Å². The third-order valence-electron chi connectivity index (χ3n) is 3.14. The molecule has 6 heteroatoms. The average Bonchev–Trinajstić information content (AvgIpc) is 2.47. The van der Waals surface area contributed by atoms with Gasteiger partial charge < -0.3 is 9.64 Å². The number of piperazine rings is 1. The first-order valence-corrected chi connectivity index (χ1v) is 6.81. The smallest absolute Gasteiger partial charge is 0.338 e. The van der Waals surface area contributed by atoms with Gasteiger partial charge >= 0.3 is 5.97 Å². The van der Waals surface area contributed by atoms with Crippen LogP contribution < -0.4 is 0 Å². The number of nitrogens with zero attached hydrogens (tertiary/aromatic N) is 4. The predicted octanol–water partition coefficient (Wildman–Crippen LogP) is 2.11. The van der Waals surface area contributed by atoms with Gasteiger partial charge in [-0.3, -0.25) is 5.01 Å². The van der Waals surface area contributed by atoms with Crippen LogP contribution in [0, 0.1) is 0 Å². The summed E-state index contributed by atoms with van der Waals surface area (Å²) in [5.74, 6) is -0.310. The molecule has 1 heterocycles. The Balaban J connectivity index is 1.91. The first-order valence-electron chi connectivity index (χ1n) is 6.81. The average molecular weight is 276 g/mol. The lowest BCUT2D eigenvalue weighted by atomic mass is 10.2. The zero-order valence-electron chi connectivity index (χ0n) is 12.0. The van der Waals surface area contributed by atoms with Gasteiger partial charge in [-0.1, -0.05) is 5.22 Å². The van der Waals surface area contributed by atoms with Crippen LogP contribution in [0.5, 0.6) is 0 Å². The summed E-state index contributed by atoms with van der Waals surface area (Å²) in [6.45, 7) is 5.95. The van der Waals surface area contributed by atoms with Crippen molar-refractivity contribution in [1.29, 1.82) is 0 Å². The Bertz CT molecular complexity index is 465. The molecule has 0 aromatic heterocycles. The van der Waals surface area contributed by atoms with Gasteiger partial charge in [-0.05, 0) is 38.2 Å². The molecule has 1 saturated heterocycles. The Morgan fingerprint density at radius 3 is 2.45 bits per heavy atom. The third kappa shape index (κ3) is 4.03. The Kier molecular flexibility index (Phi) is 5.06. The number of likely N-dealkylation sites (N-methyl/N-ethyl adjacent to an activating group) is 1. The number of rotatable bonds is 4. The second kappa shape index (κ2) is 7.00. The van der Waals surface area contributed by atoms with Crippen molar-refractivity contribution in [1.82, 2.24) is 9.91 Å². The van der Waals surface area contributed by atoms with Gasteiger partial charge in [0.2, 0.25) is 0 Å². The SMILES string of the molecule is CCOC(=O)c1ccc(N=NN2CCN(C)CC2)cc1. The Morgan fingerprint density at radius 1 is 1.20 bits per heavy atom. The summed E-state index contributed by atoms with van der Waals surface area (Å²) in [6.07, 6.45) is 0. The highest BCUT2D eigenvalue weighted by Gasteiger charge is 2.11. The van der Waals surface area contributed by atoms with Crippen LogP contribution in [0.3, 0.4) is 0 Å². The van der Waals surface area contributed by atoms with Crippen molar-refractivity contribution in [2.45, 2.75) is 6.92 Å². The van der Waals surface area contributed by atoms with Crippen LogP contribution in [0.15, 0.2) is 34.6 Å². The van der Waals surface area contributed by atoms with Gasteiger partial charge in [0.15, 0.2) is 0 Å². The molecule has 1 fully saturated rings. The van der Waals surface area contributed by atoms with Crippen LogP contribution in [0.1, 0.15) is 17.3 Å². The topological polar surface area (TPSA) is 57.5 Å². The largest absolute Gasteiger partial charge is 0.462 e. The van der Waals surface area contributed by atoms with Crippen molar-refractivity contribution >= 4 is 11.7 Å². The van der Waals surface area contributed by atoms with E-state index in [1.54, 1.807) is 31.2 Å². The van der Waals surface area contributed by atoms with E-state index in [0.717, 1.165) is 31.9 Å². The minimum Gasteiger partial charge on any atom is -0.462 e. The standard InChI is InChI=1S/C14H20N4O2/c1-3-20-14(19)12-4-6-13(7-5-12)15-16-18-10-8-17(2)9-11-18/h4-7H,3,8-11H2,1-2H3. The molecule has 0 spiro atoms. The minimum atomic E-state index is -0.310. The number of hydrogen-bond donors (Lipinski definition) is 0. The molecule has 108 valence electrons. The van der Waals surface area contributed by atoms with Crippen LogP contribution in [0.25, 0.3) is 0 Å². The number of benzene rings is 1. The normalized spacial score (nSPS) is 16.6. The molecule has 0 bridgehead atoms. The van der Waals surface area contributed by atoms with Crippen LogP contribution in [0.4, 0.5) is 5.69 Å². The number of esters is 1. The number of hydrogen-bond acceptors (Lipinski definition) is 5. The number of ether oxygens (including phenoxy) is 1. The summed E-state index contributed by atoms with van der Waals surface area (Å²) >= 11 is 0. The van der Waals surface area contributed by atoms with E-state index in [0.29, 0.717) is 12.2 Å². The van der Waals surface area contributed by atoms with Crippen LogP contribution in [-0.4, -0.2) is 55.7 Å². The Labute approximate surface area is 119 Å². The first kappa shape index (κ1) is 14.5. The molecule has 0 amide bonds. The minimum absolute atomic E-state index is 0.310. The molecule has 0 unspecified atom stereocenters. The summed E-state index contributed by atoms with van der Waals surface area (Å²) in [4.78, 5) is 13.8. The molecule has 0 radical (unpaired) electrons. The molecule has 6 nitrogen and oxygen atoms in total. The summed E-state index contributed by atoms with van der Waals surface area (Å²) in [7, 11) is 2.10. The highest BCUT2D eigenvalue weighted by atomic mass is 16.5. The van der Waals surface area contributed by atoms with Gasteiger partial charge in [-0.15, -0.1) is 5.11 Å². The van der Waals surface area contributed by atoms with E-state index in [1.807, 2.05) is 5.01 Å². The molecular formula is C14H20N4O2. The molecular weight excluding hydrogens is 256 g/mol. The lowest BCUT2D eigenvalue weighted by Crippen LogP contribution is -2.41. The second-order valence-corrected chi connectivity index (χ2v) is 4.71. The molecule has 0 N–H and O–H groups in total. The lowest BCUT2D eigenvalue weighted by Gasteiger charge is -2.29. The van der Waals surface area contributed by atoms with E-state index >= 15 is 0 Å². The molecule has 1 aliphatic heterocycles. The monoisotopic (exact) mass is 276 g/mol. The van der Waals surface area contributed by atoms with Gasteiger partial charge in [0.05, 0.1) is 30.9 Å². The quantitative estimate of drug-likeness (QED) is 0.624. The highest BCUT2D eigenvalue weighted by molar-refractivity contribution is 5.89. The van der Waals surface area contributed by atoms with E-state index in [2.05, 4.69) is 22.3 Å². The van der Waals surface area contributed by atoms with Crippen LogP contribution >= 0.6 is 0 Å². The van der Waals surface area contributed by atoms with Gasteiger partial charge in [-0.25, -0.2) is 4.79 Å². The van der Waals surface area contributed by atoms with Gasteiger partial charge in [0.25, 0.3) is 0 Å². The molecule has 0 atom stereocenters. The molecule has 0 saturated carbocycles. The maximum Gasteiger partial charge on any atom is 0.338 e. The van der Waals surface area contributed by atoms with Crippen molar-refractivity contribution in [2.75, 3.05) is 39.8 Å². The maximum atomic E-state index is 11.5. The molecule has 20 heavy (non-hydrogen) atoms. The summed E-state index contributed by atoms with van der Waals surface area (Å²) in [6, 6.07) is 6.95. The predicted molar refractivity (Wildman–Crippen MR) is 76.0 cm³/mol. The zero-order chi connectivity index (χ0) is 14.4. The second-order valence-electron chi connectivity index (χ2n) is 4.71. The van der Waals surface area contributed by atoms with E-state index < -0.39 is 0 Å². The van der Waals surface area contributed by atoms with Gasteiger partial charge in [0, 0.05) is 13.1 Å². The van der Waals surface area contributed by atoms with Crippen molar-refractivity contribution in [3.05, 3.63) is 29.8 Å². The highest BCUT2D eigenvalue weighted by Crippen LogP contribution is 2.15. The Morgan fingerprint density at radius 2 is 1.85 bits per heavy atom. The zero-order valence-corrected chi connectivity index (χ0v) is 12.0. The molecule has 1 aliphatic rings. The Hall–Kier alpha value is -1.95. The fraction of sp³-hybridized carbons (Fsp3) is 0.500. The maximum absolute atomic E-state index is 11.5. The molecule has 1 aromatic carbocycles. The molecule has 0 aliphatic carbocycles. The van der Waals surface area contributed by atoms with E-state index in [9.17, 15) is 4.79 Å². The van der Waals surface area contributed by atoms with Crippen molar-refractivity contribution in [3.63, 3.8) is 0 Å². The van der Waals surface area contributed by atoms with E-state index in [4.69, 9.17) is 4.74 Å². The van der Waals surface area contributed by atoms with Crippen LogP contribution in [0.2, 0.25) is 0 Å². The van der Waals surface area contributed by atoms with Gasteiger partial charge in [-0.2, -0.15) is 0 Å². The summed E-state index contributed by atoms with van der Waals surface area (Å²) in [5, 5.41) is 10.4. The fourth-order valence-corrected chi connectivity index (χ4v) is 1.88. The third-order valence-corrected chi connectivity index (χ3v) is 3.14. The first-order chi connectivity index (χ1) is 9.69. The number of carbonyl (C=O) groups is 1. The van der Waals surface area contributed by atoms with E-state index in [-0.39, 0.29) is 5.97 Å². The number of carbonyl (C=O) groups excluding carboxylic acids is 1. The van der Waals surface area contributed by atoms with Crippen molar-refractivity contribution in [2.24, 2.45) is 10.3 Å². The van der Waals surface area contributed by atoms with Crippen molar-refractivity contribution in [3.8, 4) is 0 Å². The molecule has 2 rings (SSSR count). The summed E-state index contributed by atoms with van der Waals surface area (Å²) < 4.78 is 4.93. The summed E-state index contributed by atoms with van der Waals surface area (Å²) in [5.41, 5.74) is 1.27.